The minimum absolute atomic E-state index is 0.0300. The summed E-state index contributed by atoms with van der Waals surface area (Å²) in [5, 5.41) is 0. The Morgan fingerprint density at radius 2 is 1.43 bits per heavy atom. The molecule has 10 heteroatoms. The lowest BCUT2D eigenvalue weighted by molar-refractivity contribution is -0.462. The quantitative estimate of drug-likeness (QED) is 0.444. The second-order valence-corrected chi connectivity index (χ2v) is 11.5. The highest BCUT2D eigenvalue weighted by Crippen LogP contribution is 2.32. The minimum atomic E-state index is -4.70. The number of hydrogen-bond donors (Lipinski definition) is 1. The van der Waals surface area contributed by atoms with Crippen molar-refractivity contribution in [1.82, 2.24) is 0 Å². The summed E-state index contributed by atoms with van der Waals surface area (Å²) in [6, 6.07) is 12.4. The highest BCUT2D eigenvalue weighted by molar-refractivity contribution is 7.85. The molecule has 0 atom stereocenters. The van der Waals surface area contributed by atoms with Gasteiger partial charge in [0, 0.05) is 31.9 Å². The van der Waals surface area contributed by atoms with Gasteiger partial charge in [-0.2, -0.15) is 8.42 Å². The third kappa shape index (κ3) is 7.22. The molecule has 0 spiro atoms. The van der Waals surface area contributed by atoms with Crippen molar-refractivity contribution >= 4 is 37.2 Å². The van der Waals surface area contributed by atoms with Gasteiger partial charge in [0.1, 0.15) is 19.8 Å². The van der Waals surface area contributed by atoms with Gasteiger partial charge in [-0.3, -0.25) is 4.55 Å². The molecule has 0 heterocycles. The smallest absolute Gasteiger partial charge is 0.269 e. The maximum absolute atomic E-state index is 11.6. The van der Waals surface area contributed by atoms with E-state index in [2.05, 4.69) is 0 Å². The van der Waals surface area contributed by atoms with E-state index in [0.29, 0.717) is 5.56 Å². The van der Waals surface area contributed by atoms with Crippen LogP contribution in [0.5, 0.6) is 0 Å². The lowest BCUT2D eigenvalue weighted by atomic mass is 9.89. The van der Waals surface area contributed by atoms with Gasteiger partial charge in [0.15, 0.2) is 5.71 Å². The van der Waals surface area contributed by atoms with Gasteiger partial charge in [-0.05, 0) is 63.8 Å². The maximum Gasteiger partial charge on any atom is 0.269 e. The average Bonchev–Trinajstić information content (AvgIpc) is 2.74. The molecule has 0 saturated heterocycles. The molecular formula is C25H28N2O6S2. The van der Waals surface area contributed by atoms with Gasteiger partial charge in [0.2, 0.25) is 0 Å². The van der Waals surface area contributed by atoms with Crippen molar-refractivity contribution in [3.8, 4) is 0 Å². The van der Waals surface area contributed by atoms with Gasteiger partial charge >= 0.3 is 0 Å². The van der Waals surface area contributed by atoms with E-state index in [4.69, 9.17) is 0 Å². The Balaban J connectivity index is 2.25. The molecular weight excluding hydrogens is 488 g/mol. The van der Waals surface area contributed by atoms with Gasteiger partial charge in [0.25, 0.3) is 10.1 Å². The molecule has 1 N–H and O–H groups in total. The van der Waals surface area contributed by atoms with Crippen molar-refractivity contribution in [1.29, 1.82) is 0 Å². The van der Waals surface area contributed by atoms with Crippen molar-refractivity contribution in [2.45, 2.75) is 11.5 Å². The second-order valence-electron chi connectivity index (χ2n) is 8.67. The van der Waals surface area contributed by atoms with Crippen LogP contribution in [0.4, 0.5) is 5.69 Å². The molecule has 8 nitrogen and oxygen atoms in total. The van der Waals surface area contributed by atoms with Gasteiger partial charge in [-0.25, -0.2) is 13.0 Å². The molecule has 0 bridgehead atoms. The summed E-state index contributed by atoms with van der Waals surface area (Å²) < 4.78 is 68.9. The molecule has 2 aromatic carbocycles. The van der Waals surface area contributed by atoms with Crippen LogP contribution in [0.3, 0.4) is 0 Å². The van der Waals surface area contributed by atoms with Crippen molar-refractivity contribution in [2.75, 3.05) is 33.1 Å². The molecule has 0 amide bonds. The summed E-state index contributed by atoms with van der Waals surface area (Å²) in [5.41, 5.74) is 5.18. The van der Waals surface area contributed by atoms with Crippen molar-refractivity contribution in [3.63, 3.8) is 0 Å². The Morgan fingerprint density at radius 1 is 0.857 bits per heavy atom. The summed E-state index contributed by atoms with van der Waals surface area (Å²) in [5.74, 6) is -1.68. The fourth-order valence-electron chi connectivity index (χ4n) is 3.80. The minimum Gasteiger partial charge on any atom is -0.748 e. The molecule has 0 unspecified atom stereocenters. The van der Waals surface area contributed by atoms with E-state index in [1.807, 2.05) is 86.2 Å². The molecule has 0 aromatic heterocycles. The first-order valence-corrected chi connectivity index (χ1v) is 13.9. The van der Waals surface area contributed by atoms with Crippen molar-refractivity contribution in [2.24, 2.45) is 0 Å². The number of allylic oxidation sites excluding steroid dienone is 5. The molecule has 0 radical (unpaired) electrons. The highest BCUT2D eigenvalue weighted by atomic mass is 32.2. The van der Waals surface area contributed by atoms with E-state index >= 15 is 0 Å². The average molecular weight is 517 g/mol. The van der Waals surface area contributed by atoms with Crippen LogP contribution in [-0.4, -0.2) is 64.4 Å². The number of nitrogens with zero attached hydrogens (tertiary/aromatic N) is 2. The van der Waals surface area contributed by atoms with E-state index in [0.717, 1.165) is 28.1 Å². The molecule has 3 rings (SSSR count). The van der Waals surface area contributed by atoms with E-state index < -0.39 is 31.7 Å². The topological polar surface area (TPSA) is 118 Å². The summed E-state index contributed by atoms with van der Waals surface area (Å²) in [4.78, 5) is 1.97. The van der Waals surface area contributed by atoms with E-state index in [-0.39, 0.29) is 11.1 Å². The van der Waals surface area contributed by atoms with Crippen LogP contribution in [0.1, 0.15) is 22.3 Å². The zero-order chi connectivity index (χ0) is 26.0. The van der Waals surface area contributed by atoms with Crippen LogP contribution in [0, 0.1) is 0 Å². The van der Waals surface area contributed by atoms with Crippen LogP contribution in [0.25, 0.3) is 5.57 Å². The molecule has 1 aliphatic carbocycles. The fraction of sp³-hybridized carbons (Fsp3) is 0.240. The SMILES string of the molecule is CN(C)c1ccc(C(=C2C=CC(=[N+](C)C)C=C2)c2ccc(CS(=O)(=O)O)c(CS(=O)(=O)[O-])c2)cc1. The van der Waals surface area contributed by atoms with Crippen LogP contribution < -0.4 is 4.90 Å². The van der Waals surface area contributed by atoms with Crippen LogP contribution in [-0.2, 0) is 31.7 Å². The maximum atomic E-state index is 11.6. The fourth-order valence-corrected chi connectivity index (χ4v) is 5.12. The predicted octanol–water partition coefficient (Wildman–Crippen LogP) is 2.83. The molecule has 186 valence electrons. The third-order valence-corrected chi connectivity index (χ3v) is 6.85. The summed E-state index contributed by atoms with van der Waals surface area (Å²) in [6.45, 7) is 0. The number of hydrogen-bond acceptors (Lipinski definition) is 6. The molecule has 2 aromatic rings. The van der Waals surface area contributed by atoms with E-state index in [1.165, 1.54) is 12.1 Å². The number of rotatable bonds is 7. The van der Waals surface area contributed by atoms with Gasteiger partial charge in [-0.1, -0.05) is 24.3 Å². The van der Waals surface area contributed by atoms with Crippen molar-refractivity contribution in [3.05, 3.63) is 94.6 Å². The Hall–Kier alpha value is -3.05. The standard InChI is InChI=1S/C25H28N2O6S2/c1-26(2)23-11-7-18(8-12-23)25(19-9-13-24(14-10-19)27(3)4)20-5-6-21(16-34(28,29)30)22(15-20)17-35(31,32)33/h5-15H,16-17H2,1-4H3,(H-,28,29,30,31,32,33). The Bertz CT molecular complexity index is 1440. The van der Waals surface area contributed by atoms with Crippen LogP contribution in [0.2, 0.25) is 0 Å². The van der Waals surface area contributed by atoms with Gasteiger partial charge in [0.05, 0.1) is 15.9 Å². The number of anilines is 1. The Labute approximate surface area is 206 Å². The zero-order valence-electron chi connectivity index (χ0n) is 20.0. The normalized spacial score (nSPS) is 13.8. The Kier molecular flexibility index (Phi) is 7.80. The molecule has 0 fully saturated rings. The molecule has 0 aliphatic heterocycles. The predicted molar refractivity (Wildman–Crippen MR) is 137 cm³/mol. The first-order chi connectivity index (χ1) is 16.2. The monoisotopic (exact) mass is 516 g/mol. The highest BCUT2D eigenvalue weighted by Gasteiger charge is 2.18. The molecule has 35 heavy (non-hydrogen) atoms. The second kappa shape index (κ2) is 10.3. The lowest BCUT2D eigenvalue weighted by Crippen LogP contribution is -2.11. The summed E-state index contributed by atoms with van der Waals surface area (Å²) in [7, 11) is -1.40. The van der Waals surface area contributed by atoms with E-state index in [1.54, 1.807) is 6.07 Å². The largest absolute Gasteiger partial charge is 0.748 e. The lowest BCUT2D eigenvalue weighted by Gasteiger charge is -2.18. The van der Waals surface area contributed by atoms with E-state index in [9.17, 15) is 25.9 Å². The van der Waals surface area contributed by atoms with Crippen LogP contribution >= 0.6 is 0 Å². The first kappa shape index (κ1) is 26.6. The first-order valence-electron chi connectivity index (χ1n) is 10.7. The summed E-state index contributed by atoms with van der Waals surface area (Å²) in [6.07, 6.45) is 7.81. The zero-order valence-corrected chi connectivity index (χ0v) is 21.6. The Morgan fingerprint density at radius 3 is 1.91 bits per heavy atom. The molecule has 1 aliphatic rings. The van der Waals surface area contributed by atoms with Crippen molar-refractivity contribution < 1.29 is 30.5 Å². The van der Waals surface area contributed by atoms with Gasteiger partial charge in [-0.15, -0.1) is 0 Å². The van der Waals surface area contributed by atoms with Crippen LogP contribution in [0.15, 0.2) is 72.3 Å². The number of benzene rings is 2. The summed E-state index contributed by atoms with van der Waals surface area (Å²) >= 11 is 0. The molecule has 0 saturated carbocycles. The van der Waals surface area contributed by atoms with Gasteiger partial charge < -0.3 is 9.45 Å². The third-order valence-electron chi connectivity index (χ3n) is 5.51.